The molecule has 0 bridgehead atoms. The van der Waals surface area contributed by atoms with E-state index in [1.165, 1.54) is 48.8 Å². The zero-order valence-corrected chi connectivity index (χ0v) is 18.7. The van der Waals surface area contributed by atoms with Gasteiger partial charge in [-0.25, -0.2) is 0 Å². The van der Waals surface area contributed by atoms with Crippen LogP contribution in [0.5, 0.6) is 0 Å². The highest BCUT2D eigenvalue weighted by Crippen LogP contribution is 2.38. The summed E-state index contributed by atoms with van der Waals surface area (Å²) < 4.78 is 11.3. The van der Waals surface area contributed by atoms with E-state index < -0.39 is 0 Å². The molecule has 1 N–H and O–H groups in total. The Morgan fingerprint density at radius 3 is 2.43 bits per heavy atom. The minimum Gasteiger partial charge on any atom is -0.491 e. The summed E-state index contributed by atoms with van der Waals surface area (Å²) in [7, 11) is 1.70. The number of hydrogen-bond donors (Lipinski definition) is 1. The van der Waals surface area contributed by atoms with E-state index >= 15 is 0 Å². The van der Waals surface area contributed by atoms with Crippen LogP contribution in [0.1, 0.15) is 75.3 Å². The van der Waals surface area contributed by atoms with Gasteiger partial charge in [0.25, 0.3) is 0 Å². The van der Waals surface area contributed by atoms with Crippen LogP contribution in [0.25, 0.3) is 5.57 Å². The van der Waals surface area contributed by atoms with E-state index in [0.29, 0.717) is 19.1 Å². The van der Waals surface area contributed by atoms with Crippen LogP contribution in [0.4, 0.5) is 0 Å². The van der Waals surface area contributed by atoms with Gasteiger partial charge in [0.2, 0.25) is 0 Å². The summed E-state index contributed by atoms with van der Waals surface area (Å²) in [6.45, 7) is 3.64. The molecule has 2 aliphatic carbocycles. The maximum absolute atomic E-state index is 9.19. The average molecular weight is 411 g/mol. The number of hydrogen-bond acceptors (Lipinski definition) is 3. The number of methoxy groups -OCH3 is 1. The second kappa shape index (κ2) is 12.1. The predicted octanol–water partition coefficient (Wildman–Crippen LogP) is 6.40. The molecule has 1 aromatic rings. The van der Waals surface area contributed by atoms with Crippen LogP contribution in [0, 0.1) is 5.92 Å². The summed E-state index contributed by atoms with van der Waals surface area (Å²) in [6, 6.07) is 9.17. The third-order valence-electron chi connectivity index (χ3n) is 6.57. The fourth-order valence-electron chi connectivity index (χ4n) is 4.64. The van der Waals surface area contributed by atoms with Crippen molar-refractivity contribution in [3.05, 3.63) is 65.0 Å². The lowest BCUT2D eigenvalue weighted by molar-refractivity contribution is 0.115. The highest BCUT2D eigenvalue weighted by atomic mass is 16.5. The van der Waals surface area contributed by atoms with Gasteiger partial charge in [-0.05, 0) is 79.6 Å². The smallest absolute Gasteiger partial charge is 0.127 e. The number of allylic oxidation sites excluding steroid dienone is 5. The fraction of sp³-hybridized carbons (Fsp3) is 0.556. The lowest BCUT2D eigenvalue weighted by atomic mass is 9.77. The molecule has 0 atom stereocenters. The number of aliphatic hydroxyl groups is 1. The topological polar surface area (TPSA) is 38.7 Å². The molecule has 164 valence electrons. The molecular weight excluding hydrogens is 372 g/mol. The first kappa shape index (κ1) is 22.8. The molecule has 0 aliphatic heterocycles. The van der Waals surface area contributed by atoms with Gasteiger partial charge in [-0.1, -0.05) is 49.8 Å². The first-order valence-corrected chi connectivity index (χ1v) is 11.7. The van der Waals surface area contributed by atoms with Gasteiger partial charge in [0.05, 0.1) is 6.61 Å². The van der Waals surface area contributed by atoms with Crippen molar-refractivity contribution in [3.8, 4) is 0 Å². The molecular formula is C27H38O3. The number of benzene rings is 1. The highest BCUT2D eigenvalue weighted by molar-refractivity contribution is 5.78. The predicted molar refractivity (Wildman–Crippen MR) is 124 cm³/mol. The van der Waals surface area contributed by atoms with Crippen LogP contribution in [-0.4, -0.2) is 32.0 Å². The normalized spacial score (nSPS) is 22.0. The third kappa shape index (κ3) is 6.33. The molecule has 3 heteroatoms. The first-order chi connectivity index (χ1) is 14.7. The summed E-state index contributed by atoms with van der Waals surface area (Å²) in [6.07, 6.45) is 15.9. The van der Waals surface area contributed by atoms with Crippen molar-refractivity contribution >= 4 is 5.57 Å². The molecule has 0 saturated heterocycles. The zero-order chi connectivity index (χ0) is 21.2. The molecule has 0 aromatic heterocycles. The molecule has 3 nitrogen and oxygen atoms in total. The molecule has 1 saturated carbocycles. The van der Waals surface area contributed by atoms with Gasteiger partial charge in [0.1, 0.15) is 12.4 Å². The van der Waals surface area contributed by atoms with E-state index in [0.717, 1.165) is 36.5 Å². The SMILES string of the molecule is CCC1CCC(c2ccc(C3=CCC=C(CCCO)C=C3OCCOC)cc2)CC1. The van der Waals surface area contributed by atoms with Crippen LogP contribution in [-0.2, 0) is 9.47 Å². The van der Waals surface area contributed by atoms with Crippen LogP contribution >= 0.6 is 0 Å². The van der Waals surface area contributed by atoms with Crippen LogP contribution in [0.3, 0.4) is 0 Å². The average Bonchev–Trinajstić information content (AvgIpc) is 3.00. The Morgan fingerprint density at radius 2 is 1.77 bits per heavy atom. The molecule has 0 spiro atoms. The van der Waals surface area contributed by atoms with E-state index in [2.05, 4.69) is 49.4 Å². The molecule has 2 aliphatic rings. The molecule has 30 heavy (non-hydrogen) atoms. The Morgan fingerprint density at radius 1 is 1.00 bits per heavy atom. The molecule has 3 rings (SSSR count). The van der Waals surface area contributed by atoms with Gasteiger partial charge in [0, 0.05) is 19.3 Å². The first-order valence-electron chi connectivity index (χ1n) is 11.7. The second-order valence-electron chi connectivity index (χ2n) is 8.56. The van der Waals surface area contributed by atoms with Crippen LogP contribution < -0.4 is 0 Å². The molecule has 0 radical (unpaired) electrons. The second-order valence-corrected chi connectivity index (χ2v) is 8.56. The Labute approximate surface area is 182 Å². The Hall–Kier alpha value is -1.84. The van der Waals surface area contributed by atoms with Crippen LogP contribution in [0.2, 0.25) is 0 Å². The van der Waals surface area contributed by atoms with Crippen molar-refractivity contribution in [1.29, 1.82) is 0 Å². The minimum absolute atomic E-state index is 0.215. The monoisotopic (exact) mass is 410 g/mol. The minimum atomic E-state index is 0.215. The number of ether oxygens (including phenoxy) is 2. The fourth-order valence-corrected chi connectivity index (χ4v) is 4.64. The zero-order valence-electron chi connectivity index (χ0n) is 18.7. The maximum atomic E-state index is 9.19. The summed E-state index contributed by atoms with van der Waals surface area (Å²) in [5, 5.41) is 9.19. The quantitative estimate of drug-likeness (QED) is 0.453. The Bertz CT molecular complexity index is 734. The van der Waals surface area contributed by atoms with E-state index in [9.17, 15) is 5.11 Å². The van der Waals surface area contributed by atoms with E-state index in [-0.39, 0.29) is 6.61 Å². The van der Waals surface area contributed by atoms with Crippen molar-refractivity contribution in [1.82, 2.24) is 0 Å². The molecule has 0 heterocycles. The molecule has 0 amide bonds. The summed E-state index contributed by atoms with van der Waals surface area (Å²) >= 11 is 0. The lowest BCUT2D eigenvalue weighted by Gasteiger charge is -2.28. The van der Waals surface area contributed by atoms with Gasteiger partial charge in [-0.3, -0.25) is 0 Å². The highest BCUT2D eigenvalue weighted by Gasteiger charge is 2.21. The van der Waals surface area contributed by atoms with Gasteiger partial charge in [0.15, 0.2) is 0 Å². The van der Waals surface area contributed by atoms with Gasteiger partial charge in [-0.2, -0.15) is 0 Å². The van der Waals surface area contributed by atoms with E-state index in [4.69, 9.17) is 9.47 Å². The summed E-state index contributed by atoms with van der Waals surface area (Å²) in [4.78, 5) is 0. The van der Waals surface area contributed by atoms with Gasteiger partial charge in [-0.15, -0.1) is 0 Å². The summed E-state index contributed by atoms with van der Waals surface area (Å²) in [5.41, 5.74) is 5.08. The van der Waals surface area contributed by atoms with E-state index in [1.807, 2.05) is 0 Å². The van der Waals surface area contributed by atoms with Gasteiger partial charge >= 0.3 is 0 Å². The maximum Gasteiger partial charge on any atom is 0.127 e. The summed E-state index contributed by atoms with van der Waals surface area (Å²) in [5.74, 6) is 2.55. The molecule has 0 unspecified atom stereocenters. The van der Waals surface area contributed by atoms with Crippen molar-refractivity contribution in [2.45, 2.75) is 64.2 Å². The number of aliphatic hydroxyl groups excluding tert-OH is 1. The largest absolute Gasteiger partial charge is 0.491 e. The van der Waals surface area contributed by atoms with Crippen molar-refractivity contribution in [2.75, 3.05) is 26.9 Å². The van der Waals surface area contributed by atoms with E-state index in [1.54, 1.807) is 7.11 Å². The Balaban J connectivity index is 1.74. The van der Waals surface area contributed by atoms with Gasteiger partial charge < -0.3 is 14.6 Å². The lowest BCUT2D eigenvalue weighted by Crippen LogP contribution is -2.12. The standard InChI is InChI=1S/C27H38O3/c1-3-21-9-11-23(12-10-21)24-13-15-25(16-14-24)26-8-4-6-22(7-5-17-28)20-27(26)30-19-18-29-2/h6,8,13-16,20-21,23,28H,3-5,7,9-12,17-19H2,1-2H3. The van der Waals surface area contributed by atoms with Crippen molar-refractivity contribution in [2.24, 2.45) is 5.92 Å². The third-order valence-corrected chi connectivity index (χ3v) is 6.57. The molecule has 1 fully saturated rings. The number of rotatable bonds is 10. The molecule has 1 aromatic carbocycles. The van der Waals surface area contributed by atoms with Crippen molar-refractivity contribution < 1.29 is 14.6 Å². The van der Waals surface area contributed by atoms with Crippen LogP contribution in [0.15, 0.2) is 53.8 Å². The van der Waals surface area contributed by atoms with Crippen molar-refractivity contribution in [3.63, 3.8) is 0 Å². The Kier molecular flexibility index (Phi) is 9.23.